The molecule has 1 amide bonds. The Morgan fingerprint density at radius 3 is 3.15 bits per heavy atom. The van der Waals surface area contributed by atoms with Crippen LogP contribution in [0.4, 0.5) is 0 Å². The number of ether oxygens (including phenoxy) is 1. The fraction of sp³-hybridized carbons (Fsp3) is 0.533. The van der Waals surface area contributed by atoms with E-state index in [1.165, 1.54) is 0 Å². The second-order valence-corrected chi connectivity index (χ2v) is 5.66. The first-order valence-corrected chi connectivity index (χ1v) is 7.09. The Hall–Kier alpha value is -1.59. The third-order valence-corrected chi connectivity index (χ3v) is 4.28. The molecule has 1 heterocycles. The highest BCUT2D eigenvalue weighted by Gasteiger charge is 2.50. The van der Waals surface area contributed by atoms with Crippen LogP contribution >= 0.6 is 0 Å². The second-order valence-electron chi connectivity index (χ2n) is 5.66. The molecule has 1 aliphatic heterocycles. The topological polar surface area (TPSA) is 84.6 Å². The summed E-state index contributed by atoms with van der Waals surface area (Å²) in [4.78, 5) is 12.0. The van der Waals surface area contributed by atoms with Gasteiger partial charge in [0.1, 0.15) is 5.75 Å². The van der Waals surface area contributed by atoms with E-state index >= 15 is 0 Å². The number of aromatic hydroxyl groups is 1. The minimum atomic E-state index is -0.0799. The lowest BCUT2D eigenvalue weighted by molar-refractivity contribution is -0.138. The van der Waals surface area contributed by atoms with Crippen LogP contribution in [0.25, 0.3) is 0 Å². The average molecular weight is 276 g/mol. The normalized spacial score (nSPS) is 32.0. The SMILES string of the molecule is NC1C2CCCOC2C1NC(=O)Cc1cccc(O)c1. The Bertz CT molecular complexity index is 506. The molecule has 5 nitrogen and oxygen atoms in total. The Morgan fingerprint density at radius 2 is 2.35 bits per heavy atom. The maximum absolute atomic E-state index is 12.0. The molecule has 0 spiro atoms. The molecule has 4 unspecified atom stereocenters. The van der Waals surface area contributed by atoms with Gasteiger partial charge in [0.2, 0.25) is 5.91 Å². The number of fused-ring (bicyclic) bond motifs is 1. The lowest BCUT2D eigenvalue weighted by atomic mass is 9.68. The predicted octanol–water partition coefficient (Wildman–Crippen LogP) is 0.556. The number of phenols is 1. The van der Waals surface area contributed by atoms with Crippen LogP contribution in [-0.4, -0.2) is 35.8 Å². The maximum Gasteiger partial charge on any atom is 0.224 e. The van der Waals surface area contributed by atoms with E-state index in [4.69, 9.17) is 10.5 Å². The van der Waals surface area contributed by atoms with Crippen LogP contribution in [0.2, 0.25) is 0 Å². The number of hydrogen-bond donors (Lipinski definition) is 3. The number of nitrogens with two attached hydrogens (primary N) is 1. The van der Waals surface area contributed by atoms with Crippen LogP contribution in [0.3, 0.4) is 0 Å². The summed E-state index contributed by atoms with van der Waals surface area (Å²) in [6.07, 6.45) is 2.46. The zero-order valence-electron chi connectivity index (χ0n) is 11.3. The highest BCUT2D eigenvalue weighted by Crippen LogP contribution is 2.36. The predicted molar refractivity (Wildman–Crippen MR) is 74.2 cm³/mol. The molecule has 2 fully saturated rings. The third kappa shape index (κ3) is 2.51. The van der Waals surface area contributed by atoms with E-state index in [9.17, 15) is 9.90 Å². The molecule has 2 aliphatic rings. The van der Waals surface area contributed by atoms with E-state index in [1.54, 1.807) is 18.2 Å². The van der Waals surface area contributed by atoms with Gasteiger partial charge in [0.05, 0.1) is 18.6 Å². The molecular weight excluding hydrogens is 256 g/mol. The summed E-state index contributed by atoms with van der Waals surface area (Å²) in [7, 11) is 0. The molecule has 1 saturated heterocycles. The smallest absolute Gasteiger partial charge is 0.224 e. The number of benzene rings is 1. The van der Waals surface area contributed by atoms with Crippen molar-refractivity contribution in [1.29, 1.82) is 0 Å². The monoisotopic (exact) mass is 276 g/mol. The minimum absolute atomic E-state index is 0.00609. The standard InChI is InChI=1S/C15H20N2O3/c16-13-11-5-2-6-20-15(11)14(13)17-12(19)8-9-3-1-4-10(18)7-9/h1,3-4,7,11,13-15,18H,2,5-6,8,16H2,(H,17,19). The summed E-state index contributed by atoms with van der Waals surface area (Å²) in [5, 5.41) is 12.4. The number of hydrogen-bond acceptors (Lipinski definition) is 4. The number of nitrogens with one attached hydrogen (secondary N) is 1. The van der Waals surface area contributed by atoms with Crippen molar-refractivity contribution in [2.24, 2.45) is 11.7 Å². The van der Waals surface area contributed by atoms with Crippen LogP contribution in [0.1, 0.15) is 18.4 Å². The molecule has 0 bridgehead atoms. The van der Waals surface area contributed by atoms with Crippen molar-refractivity contribution in [3.63, 3.8) is 0 Å². The Labute approximate surface area is 118 Å². The highest BCUT2D eigenvalue weighted by atomic mass is 16.5. The summed E-state index contributed by atoms with van der Waals surface area (Å²) in [5.41, 5.74) is 6.90. The number of phenolic OH excluding ortho intramolecular Hbond substituents is 1. The zero-order valence-corrected chi connectivity index (χ0v) is 11.3. The number of carbonyl (C=O) groups is 1. The Morgan fingerprint density at radius 1 is 1.50 bits per heavy atom. The van der Waals surface area contributed by atoms with Crippen LogP contribution in [-0.2, 0) is 16.0 Å². The van der Waals surface area contributed by atoms with Gasteiger partial charge in [-0.3, -0.25) is 4.79 Å². The Balaban J connectivity index is 1.57. The quantitative estimate of drug-likeness (QED) is 0.753. The molecular formula is C15H20N2O3. The van der Waals surface area contributed by atoms with Crippen molar-refractivity contribution in [3.8, 4) is 5.75 Å². The molecule has 5 heteroatoms. The highest BCUT2D eigenvalue weighted by molar-refractivity contribution is 5.79. The second kappa shape index (κ2) is 5.42. The summed E-state index contributed by atoms with van der Waals surface area (Å²) < 4.78 is 5.70. The number of amides is 1. The van der Waals surface area contributed by atoms with Crippen molar-refractivity contribution in [2.75, 3.05) is 6.61 Å². The van der Waals surface area contributed by atoms with Crippen LogP contribution < -0.4 is 11.1 Å². The maximum atomic E-state index is 12.0. The van der Waals surface area contributed by atoms with Crippen LogP contribution in [0.5, 0.6) is 5.75 Å². The average Bonchev–Trinajstić information content (AvgIpc) is 2.44. The van der Waals surface area contributed by atoms with E-state index in [-0.39, 0.29) is 36.3 Å². The minimum Gasteiger partial charge on any atom is -0.508 e. The molecule has 0 aromatic heterocycles. The van der Waals surface area contributed by atoms with Crippen molar-refractivity contribution in [3.05, 3.63) is 29.8 Å². The van der Waals surface area contributed by atoms with Gasteiger partial charge in [0, 0.05) is 18.6 Å². The summed E-state index contributed by atoms with van der Waals surface area (Å²) in [5.74, 6) is 0.477. The third-order valence-electron chi connectivity index (χ3n) is 4.28. The fourth-order valence-electron chi connectivity index (χ4n) is 3.21. The van der Waals surface area contributed by atoms with Gasteiger partial charge in [-0.25, -0.2) is 0 Å². The summed E-state index contributed by atoms with van der Waals surface area (Å²) >= 11 is 0. The van der Waals surface area contributed by atoms with Gasteiger partial charge in [0.15, 0.2) is 0 Å². The van der Waals surface area contributed by atoms with E-state index < -0.39 is 0 Å². The molecule has 0 radical (unpaired) electrons. The van der Waals surface area contributed by atoms with Crippen LogP contribution in [0, 0.1) is 5.92 Å². The van der Waals surface area contributed by atoms with Crippen LogP contribution in [0.15, 0.2) is 24.3 Å². The zero-order chi connectivity index (χ0) is 14.1. The first kappa shape index (κ1) is 13.4. The van der Waals surface area contributed by atoms with Gasteiger partial charge >= 0.3 is 0 Å². The molecule has 4 atom stereocenters. The summed E-state index contributed by atoms with van der Waals surface area (Å²) in [6, 6.07) is 6.65. The lowest BCUT2D eigenvalue weighted by Gasteiger charge is -2.52. The summed E-state index contributed by atoms with van der Waals surface area (Å²) in [6.45, 7) is 0.757. The van der Waals surface area contributed by atoms with Crippen molar-refractivity contribution in [2.45, 2.75) is 37.5 Å². The lowest BCUT2D eigenvalue weighted by Crippen LogP contribution is -2.72. The molecule has 1 saturated carbocycles. The molecule has 3 rings (SSSR count). The van der Waals surface area contributed by atoms with Crippen molar-refractivity contribution < 1.29 is 14.6 Å². The van der Waals surface area contributed by atoms with E-state index in [0.29, 0.717) is 5.92 Å². The van der Waals surface area contributed by atoms with Crippen molar-refractivity contribution >= 4 is 5.91 Å². The fourth-order valence-corrected chi connectivity index (χ4v) is 3.21. The van der Waals surface area contributed by atoms with E-state index in [2.05, 4.69) is 5.32 Å². The van der Waals surface area contributed by atoms with Gasteiger partial charge in [-0.15, -0.1) is 0 Å². The molecule has 108 valence electrons. The van der Waals surface area contributed by atoms with Gasteiger partial charge in [-0.1, -0.05) is 12.1 Å². The first-order valence-electron chi connectivity index (χ1n) is 7.09. The first-order chi connectivity index (χ1) is 9.65. The largest absolute Gasteiger partial charge is 0.508 e. The molecule has 20 heavy (non-hydrogen) atoms. The molecule has 1 aliphatic carbocycles. The van der Waals surface area contributed by atoms with Gasteiger partial charge in [-0.2, -0.15) is 0 Å². The number of carbonyl (C=O) groups excluding carboxylic acids is 1. The van der Waals surface area contributed by atoms with E-state index in [0.717, 1.165) is 25.0 Å². The van der Waals surface area contributed by atoms with Gasteiger partial charge < -0.3 is 20.9 Å². The molecule has 4 N–H and O–H groups in total. The molecule has 1 aromatic carbocycles. The van der Waals surface area contributed by atoms with Crippen molar-refractivity contribution in [1.82, 2.24) is 5.32 Å². The van der Waals surface area contributed by atoms with Gasteiger partial charge in [0.25, 0.3) is 0 Å². The number of rotatable bonds is 3. The van der Waals surface area contributed by atoms with E-state index in [1.807, 2.05) is 6.07 Å². The molecule has 1 aromatic rings. The van der Waals surface area contributed by atoms with Gasteiger partial charge in [-0.05, 0) is 30.5 Å². The Kier molecular flexibility index (Phi) is 3.63.